The zero-order valence-electron chi connectivity index (χ0n) is 14.7. The summed E-state index contributed by atoms with van der Waals surface area (Å²) in [5, 5.41) is 7.25. The summed E-state index contributed by atoms with van der Waals surface area (Å²) in [4.78, 5) is 20.0. The summed E-state index contributed by atoms with van der Waals surface area (Å²) in [6.07, 6.45) is 8.13. The van der Waals surface area contributed by atoms with Crippen LogP contribution < -0.4 is 5.32 Å². The maximum atomic E-state index is 13.2. The number of benzene rings is 1. The number of nitrogens with zero attached hydrogens (tertiary/aromatic N) is 2. The third-order valence-corrected chi connectivity index (χ3v) is 7.26. The molecule has 3 heterocycles. The molecule has 0 saturated heterocycles. The molecule has 0 radical (unpaired) electrons. The van der Waals surface area contributed by atoms with E-state index in [0.29, 0.717) is 0 Å². The number of hydrogen-bond donors (Lipinski definition) is 1. The van der Waals surface area contributed by atoms with Crippen LogP contribution in [0.1, 0.15) is 30.6 Å². The van der Waals surface area contributed by atoms with Gasteiger partial charge in [0.15, 0.2) is 4.96 Å². The molecule has 1 N–H and O–H groups in total. The van der Waals surface area contributed by atoms with E-state index in [2.05, 4.69) is 21.7 Å². The number of amides is 1. The van der Waals surface area contributed by atoms with Gasteiger partial charge in [-0.25, -0.2) is 4.98 Å². The van der Waals surface area contributed by atoms with Crippen LogP contribution in [0.3, 0.4) is 0 Å². The standard InChI is InChI=1S/C21H19N3OS2/c25-19(21(9-1-2-10-21)18-4-3-12-26-18)22-16-7-5-15(6-8-16)17-14-24-11-13-27-20(24)23-17/h3-8,11-14H,1-2,9-10H2,(H,22,25). The highest BCUT2D eigenvalue weighted by Crippen LogP contribution is 2.44. The molecule has 1 aliphatic carbocycles. The molecule has 1 aliphatic rings. The van der Waals surface area contributed by atoms with Crippen molar-refractivity contribution in [3.63, 3.8) is 0 Å². The SMILES string of the molecule is O=C(Nc1ccc(-c2cn3ccsc3n2)cc1)C1(c2cccs2)CCCC1. The summed E-state index contributed by atoms with van der Waals surface area (Å²) in [7, 11) is 0. The highest BCUT2D eigenvalue weighted by atomic mass is 32.1. The predicted molar refractivity (Wildman–Crippen MR) is 112 cm³/mol. The van der Waals surface area contributed by atoms with Crippen LogP contribution in [0.25, 0.3) is 16.2 Å². The van der Waals surface area contributed by atoms with Crippen LogP contribution in [0.2, 0.25) is 0 Å². The van der Waals surface area contributed by atoms with Gasteiger partial charge in [0.2, 0.25) is 5.91 Å². The lowest BCUT2D eigenvalue weighted by molar-refractivity contribution is -0.121. The first-order valence-corrected chi connectivity index (χ1v) is 10.9. The molecule has 1 amide bonds. The number of hydrogen-bond acceptors (Lipinski definition) is 4. The number of carbonyl (C=O) groups is 1. The van der Waals surface area contributed by atoms with Crippen molar-refractivity contribution in [3.8, 4) is 11.3 Å². The van der Waals surface area contributed by atoms with Gasteiger partial charge in [-0.2, -0.15) is 0 Å². The second-order valence-corrected chi connectivity index (χ2v) is 8.84. The van der Waals surface area contributed by atoms with Crippen LogP contribution in [-0.2, 0) is 10.2 Å². The van der Waals surface area contributed by atoms with E-state index in [9.17, 15) is 4.79 Å². The van der Waals surface area contributed by atoms with Crippen LogP contribution in [0, 0.1) is 0 Å². The number of aromatic nitrogens is 2. The number of carbonyl (C=O) groups excluding carboxylic acids is 1. The van der Waals surface area contributed by atoms with Gasteiger partial charge in [-0.15, -0.1) is 22.7 Å². The van der Waals surface area contributed by atoms with Gasteiger partial charge in [-0.1, -0.05) is 31.0 Å². The molecule has 4 aromatic rings. The Labute approximate surface area is 165 Å². The van der Waals surface area contributed by atoms with Crippen LogP contribution in [-0.4, -0.2) is 15.3 Å². The highest BCUT2D eigenvalue weighted by Gasteiger charge is 2.43. The monoisotopic (exact) mass is 393 g/mol. The topological polar surface area (TPSA) is 46.4 Å². The Morgan fingerprint density at radius 2 is 1.89 bits per heavy atom. The second kappa shape index (κ2) is 6.62. The van der Waals surface area contributed by atoms with Crippen LogP contribution in [0.5, 0.6) is 0 Å². The van der Waals surface area contributed by atoms with Gasteiger partial charge < -0.3 is 5.32 Å². The van der Waals surface area contributed by atoms with Gasteiger partial charge >= 0.3 is 0 Å². The van der Waals surface area contributed by atoms with Crippen molar-refractivity contribution in [2.24, 2.45) is 0 Å². The molecule has 1 aromatic carbocycles. The molecule has 0 aliphatic heterocycles. The molecule has 0 bridgehead atoms. The van der Waals surface area contributed by atoms with Gasteiger partial charge in [0, 0.05) is 33.9 Å². The minimum Gasteiger partial charge on any atom is -0.325 e. The summed E-state index contributed by atoms with van der Waals surface area (Å²) in [5.41, 5.74) is 2.48. The van der Waals surface area contributed by atoms with Gasteiger partial charge in [-0.05, 0) is 36.4 Å². The van der Waals surface area contributed by atoms with Gasteiger partial charge in [-0.3, -0.25) is 9.20 Å². The lowest BCUT2D eigenvalue weighted by Gasteiger charge is -2.26. The number of imidazole rings is 1. The van der Waals surface area contributed by atoms with E-state index in [0.717, 1.165) is 47.6 Å². The van der Waals surface area contributed by atoms with Crippen molar-refractivity contribution < 1.29 is 4.79 Å². The van der Waals surface area contributed by atoms with E-state index in [1.54, 1.807) is 22.7 Å². The fourth-order valence-corrected chi connectivity index (χ4v) is 5.64. The van der Waals surface area contributed by atoms with Crippen molar-refractivity contribution in [1.82, 2.24) is 9.38 Å². The normalized spacial score (nSPS) is 16.0. The quantitative estimate of drug-likeness (QED) is 0.492. The maximum Gasteiger partial charge on any atom is 0.235 e. The summed E-state index contributed by atoms with van der Waals surface area (Å²) in [6.45, 7) is 0. The van der Waals surface area contributed by atoms with Gasteiger partial charge in [0.05, 0.1) is 11.1 Å². The first kappa shape index (κ1) is 16.7. The van der Waals surface area contributed by atoms with Crippen molar-refractivity contribution in [2.45, 2.75) is 31.1 Å². The van der Waals surface area contributed by atoms with Gasteiger partial charge in [0.25, 0.3) is 0 Å². The van der Waals surface area contributed by atoms with Crippen molar-refractivity contribution in [3.05, 3.63) is 64.4 Å². The number of rotatable bonds is 4. The largest absolute Gasteiger partial charge is 0.325 e. The smallest absolute Gasteiger partial charge is 0.235 e. The fraction of sp³-hybridized carbons (Fsp3) is 0.238. The average molecular weight is 394 g/mol. The van der Waals surface area contributed by atoms with Crippen molar-refractivity contribution in [1.29, 1.82) is 0 Å². The number of anilines is 1. The molecule has 5 rings (SSSR count). The Morgan fingerprint density at radius 1 is 1.07 bits per heavy atom. The Kier molecular flexibility index (Phi) is 4.10. The van der Waals surface area contributed by atoms with Gasteiger partial charge in [0.1, 0.15) is 0 Å². The minimum absolute atomic E-state index is 0.123. The molecule has 1 saturated carbocycles. The van der Waals surface area contributed by atoms with E-state index >= 15 is 0 Å². The Hall–Kier alpha value is -2.44. The van der Waals surface area contributed by atoms with Crippen LogP contribution in [0.15, 0.2) is 59.6 Å². The fourth-order valence-electron chi connectivity index (χ4n) is 3.96. The Bertz CT molecular complexity index is 1040. The number of nitrogens with one attached hydrogen (secondary N) is 1. The van der Waals surface area contributed by atoms with E-state index < -0.39 is 0 Å². The highest BCUT2D eigenvalue weighted by molar-refractivity contribution is 7.15. The molecule has 27 heavy (non-hydrogen) atoms. The first-order valence-electron chi connectivity index (χ1n) is 9.13. The summed E-state index contributed by atoms with van der Waals surface area (Å²) in [6, 6.07) is 12.1. The molecular formula is C21H19N3OS2. The van der Waals surface area contributed by atoms with E-state index in [-0.39, 0.29) is 11.3 Å². The number of thiophene rings is 1. The molecule has 136 valence electrons. The van der Waals surface area contributed by atoms with E-state index in [1.165, 1.54) is 4.88 Å². The first-order chi connectivity index (χ1) is 13.2. The summed E-state index contributed by atoms with van der Waals surface area (Å²) < 4.78 is 2.03. The van der Waals surface area contributed by atoms with Crippen LogP contribution >= 0.6 is 22.7 Å². The predicted octanol–water partition coefficient (Wildman–Crippen LogP) is 5.57. The lowest BCUT2D eigenvalue weighted by atomic mass is 9.83. The summed E-state index contributed by atoms with van der Waals surface area (Å²) >= 11 is 3.31. The zero-order valence-corrected chi connectivity index (χ0v) is 16.4. The third kappa shape index (κ3) is 2.89. The molecule has 0 spiro atoms. The summed E-state index contributed by atoms with van der Waals surface area (Å²) in [5.74, 6) is 0.123. The number of thiazole rings is 1. The minimum atomic E-state index is -0.360. The molecule has 6 heteroatoms. The molecule has 1 fully saturated rings. The number of fused-ring (bicyclic) bond motifs is 1. The third-order valence-electron chi connectivity index (χ3n) is 5.42. The molecule has 4 nitrogen and oxygen atoms in total. The zero-order chi connectivity index (χ0) is 18.3. The molecular weight excluding hydrogens is 374 g/mol. The van der Waals surface area contributed by atoms with Crippen molar-refractivity contribution in [2.75, 3.05) is 5.32 Å². The molecule has 0 atom stereocenters. The van der Waals surface area contributed by atoms with E-state index in [4.69, 9.17) is 0 Å². The Balaban J connectivity index is 1.37. The van der Waals surface area contributed by atoms with E-state index in [1.807, 2.05) is 52.5 Å². The second-order valence-electron chi connectivity index (χ2n) is 7.02. The Morgan fingerprint density at radius 3 is 2.59 bits per heavy atom. The average Bonchev–Trinajstić information content (AvgIpc) is 3.45. The van der Waals surface area contributed by atoms with Crippen LogP contribution in [0.4, 0.5) is 5.69 Å². The molecule has 0 unspecified atom stereocenters. The maximum absolute atomic E-state index is 13.2. The lowest BCUT2D eigenvalue weighted by Crippen LogP contribution is -2.37. The molecule has 3 aromatic heterocycles. The van der Waals surface area contributed by atoms with Crippen molar-refractivity contribution >= 4 is 39.2 Å².